The highest BCUT2D eigenvalue weighted by molar-refractivity contribution is 5.68. The maximum Gasteiger partial charge on any atom is 0.410 e. The zero-order chi connectivity index (χ0) is 13.1. The summed E-state index contributed by atoms with van der Waals surface area (Å²) in [5, 5.41) is 0. The Morgan fingerprint density at radius 3 is 2.41 bits per heavy atom. The molecule has 17 heavy (non-hydrogen) atoms. The average molecular weight is 246 g/mol. The van der Waals surface area contributed by atoms with Gasteiger partial charge in [-0.25, -0.2) is 9.18 Å². The molecule has 0 radical (unpaired) electrons. The van der Waals surface area contributed by atoms with Gasteiger partial charge in [0.25, 0.3) is 0 Å². The van der Waals surface area contributed by atoms with Gasteiger partial charge >= 0.3 is 6.09 Å². The van der Waals surface area contributed by atoms with Crippen LogP contribution in [0.3, 0.4) is 0 Å². The van der Waals surface area contributed by atoms with Gasteiger partial charge in [-0.05, 0) is 39.5 Å². The van der Waals surface area contributed by atoms with Crippen LogP contribution in [0.2, 0.25) is 0 Å². The maximum atomic E-state index is 12.4. The second kappa shape index (κ2) is 5.67. The minimum Gasteiger partial charge on any atom is -0.444 e. The van der Waals surface area contributed by atoms with Crippen molar-refractivity contribution in [3.63, 3.8) is 0 Å². The molecule has 100 valence electrons. The van der Waals surface area contributed by atoms with Crippen LogP contribution in [0.5, 0.6) is 0 Å². The van der Waals surface area contributed by atoms with E-state index in [1.54, 1.807) is 4.90 Å². The summed E-state index contributed by atoms with van der Waals surface area (Å²) in [6, 6.07) is -0.393. The van der Waals surface area contributed by atoms with Crippen LogP contribution in [0.25, 0.3) is 0 Å². The average Bonchev–Trinajstić information content (AvgIpc) is 2.26. The molecule has 1 heterocycles. The van der Waals surface area contributed by atoms with Crippen molar-refractivity contribution in [1.82, 2.24) is 4.90 Å². The molecule has 0 aromatic carbocycles. The monoisotopic (exact) mass is 246 g/mol. The number of piperidine rings is 1. The minimum absolute atomic E-state index is 0.179. The number of hydrogen-bond donors (Lipinski definition) is 1. The summed E-state index contributed by atoms with van der Waals surface area (Å²) in [6.45, 7) is 6.25. The lowest BCUT2D eigenvalue weighted by Crippen LogP contribution is -2.45. The molecular formula is C12H23FN2O2. The molecule has 1 rings (SSSR count). The van der Waals surface area contributed by atoms with Gasteiger partial charge in [0, 0.05) is 19.1 Å². The van der Waals surface area contributed by atoms with Crippen molar-refractivity contribution in [3.05, 3.63) is 0 Å². The molecule has 0 aromatic heterocycles. The molecule has 1 aliphatic heterocycles. The first kappa shape index (κ1) is 14.2. The smallest absolute Gasteiger partial charge is 0.410 e. The number of carbonyl (C=O) groups is 1. The Labute approximate surface area is 102 Å². The van der Waals surface area contributed by atoms with Crippen LogP contribution in [-0.4, -0.2) is 42.4 Å². The second-order valence-corrected chi connectivity index (χ2v) is 5.62. The Balaban J connectivity index is 2.39. The molecule has 2 N–H and O–H groups in total. The summed E-state index contributed by atoms with van der Waals surface area (Å²) in [4.78, 5) is 13.4. The first-order valence-corrected chi connectivity index (χ1v) is 6.13. The molecule has 0 spiro atoms. The topological polar surface area (TPSA) is 55.6 Å². The van der Waals surface area contributed by atoms with Gasteiger partial charge in [0.2, 0.25) is 0 Å². The predicted octanol–water partition coefficient (Wildman–Crippen LogP) is 1.93. The maximum absolute atomic E-state index is 12.4. The summed E-state index contributed by atoms with van der Waals surface area (Å²) < 4.78 is 17.7. The zero-order valence-corrected chi connectivity index (χ0v) is 10.9. The van der Waals surface area contributed by atoms with E-state index in [-0.39, 0.29) is 12.0 Å². The van der Waals surface area contributed by atoms with Gasteiger partial charge in [-0.15, -0.1) is 0 Å². The summed E-state index contributed by atoms with van der Waals surface area (Å²) in [7, 11) is 0. The molecule has 5 heteroatoms. The molecule has 0 bridgehead atoms. The van der Waals surface area contributed by atoms with Gasteiger partial charge in [0.15, 0.2) is 0 Å². The van der Waals surface area contributed by atoms with Crippen LogP contribution < -0.4 is 5.73 Å². The third-order valence-corrected chi connectivity index (χ3v) is 2.97. The van der Waals surface area contributed by atoms with Crippen molar-refractivity contribution in [2.75, 3.05) is 19.8 Å². The van der Waals surface area contributed by atoms with Crippen molar-refractivity contribution in [1.29, 1.82) is 0 Å². The fraction of sp³-hybridized carbons (Fsp3) is 0.917. The third kappa shape index (κ3) is 4.50. The minimum atomic E-state index is -0.489. The highest BCUT2D eigenvalue weighted by atomic mass is 19.1. The van der Waals surface area contributed by atoms with E-state index in [1.807, 2.05) is 20.8 Å². The zero-order valence-electron chi connectivity index (χ0n) is 10.9. The Bertz CT molecular complexity index is 258. The summed E-state index contributed by atoms with van der Waals surface area (Å²) in [5.41, 5.74) is 5.19. The van der Waals surface area contributed by atoms with Gasteiger partial charge in [-0.3, -0.25) is 0 Å². The number of halogens is 1. The number of hydrogen-bond acceptors (Lipinski definition) is 3. The van der Waals surface area contributed by atoms with Crippen LogP contribution in [0, 0.1) is 5.92 Å². The van der Waals surface area contributed by atoms with Crippen molar-refractivity contribution < 1.29 is 13.9 Å². The highest BCUT2D eigenvalue weighted by Crippen LogP contribution is 2.21. The van der Waals surface area contributed by atoms with E-state index in [2.05, 4.69) is 0 Å². The number of alkyl halides is 1. The molecule has 0 aromatic rings. The molecule has 1 amide bonds. The predicted molar refractivity (Wildman–Crippen MR) is 64.5 cm³/mol. The van der Waals surface area contributed by atoms with Crippen molar-refractivity contribution in [2.45, 2.75) is 45.3 Å². The number of carbonyl (C=O) groups excluding carboxylic acids is 1. The summed E-state index contributed by atoms with van der Waals surface area (Å²) in [5.74, 6) is 0.179. The van der Waals surface area contributed by atoms with E-state index in [0.29, 0.717) is 13.1 Å². The molecule has 1 unspecified atom stereocenters. The van der Waals surface area contributed by atoms with Gasteiger partial charge in [0.1, 0.15) is 12.3 Å². The number of ether oxygens (including phenoxy) is 1. The van der Waals surface area contributed by atoms with Crippen LogP contribution in [0.4, 0.5) is 9.18 Å². The van der Waals surface area contributed by atoms with Gasteiger partial charge < -0.3 is 15.4 Å². The highest BCUT2D eigenvalue weighted by Gasteiger charge is 2.29. The summed E-state index contributed by atoms with van der Waals surface area (Å²) >= 11 is 0. The van der Waals surface area contributed by atoms with E-state index >= 15 is 0 Å². The third-order valence-electron chi connectivity index (χ3n) is 2.97. The quantitative estimate of drug-likeness (QED) is 0.810. The Hall–Kier alpha value is -0.840. The normalized spacial score (nSPS) is 20.2. The molecule has 1 saturated heterocycles. The number of nitrogens with zero attached hydrogens (tertiary/aromatic N) is 1. The van der Waals surface area contributed by atoms with Crippen LogP contribution in [-0.2, 0) is 4.74 Å². The van der Waals surface area contributed by atoms with E-state index in [1.165, 1.54) is 0 Å². The standard InChI is InChI=1S/C12H23FN2O2/c1-12(2,3)17-11(16)15-6-4-9(5-7-15)10(14)8-13/h9-10H,4-8,14H2,1-3H3. The van der Waals surface area contributed by atoms with E-state index in [4.69, 9.17) is 10.5 Å². The molecule has 1 atom stereocenters. The lowest BCUT2D eigenvalue weighted by Gasteiger charge is -2.34. The SMILES string of the molecule is CC(C)(C)OC(=O)N1CCC(C(N)CF)CC1. The fourth-order valence-corrected chi connectivity index (χ4v) is 1.96. The lowest BCUT2D eigenvalue weighted by atomic mass is 9.91. The molecule has 0 saturated carbocycles. The Morgan fingerprint density at radius 1 is 1.47 bits per heavy atom. The molecule has 4 nitrogen and oxygen atoms in total. The second-order valence-electron chi connectivity index (χ2n) is 5.62. The lowest BCUT2D eigenvalue weighted by molar-refractivity contribution is 0.0171. The van der Waals surface area contributed by atoms with Crippen LogP contribution in [0.15, 0.2) is 0 Å². The van der Waals surface area contributed by atoms with Gasteiger partial charge in [0.05, 0.1) is 0 Å². The Kier molecular flexibility index (Phi) is 4.74. The van der Waals surface area contributed by atoms with Crippen molar-refractivity contribution in [2.24, 2.45) is 11.7 Å². The number of amides is 1. The Morgan fingerprint density at radius 2 is 2.00 bits per heavy atom. The fourth-order valence-electron chi connectivity index (χ4n) is 1.96. The van der Waals surface area contributed by atoms with E-state index < -0.39 is 18.3 Å². The molecule has 1 fully saturated rings. The van der Waals surface area contributed by atoms with Crippen LogP contribution >= 0.6 is 0 Å². The van der Waals surface area contributed by atoms with E-state index in [0.717, 1.165) is 12.8 Å². The van der Waals surface area contributed by atoms with E-state index in [9.17, 15) is 9.18 Å². The molecular weight excluding hydrogens is 223 g/mol. The van der Waals surface area contributed by atoms with Crippen molar-refractivity contribution >= 4 is 6.09 Å². The van der Waals surface area contributed by atoms with Gasteiger partial charge in [-0.1, -0.05) is 0 Å². The first-order valence-electron chi connectivity index (χ1n) is 6.13. The number of nitrogens with two attached hydrogens (primary N) is 1. The molecule has 0 aliphatic carbocycles. The summed E-state index contributed by atoms with van der Waals surface area (Å²) in [6.07, 6.45) is 1.22. The molecule has 1 aliphatic rings. The van der Waals surface area contributed by atoms with Gasteiger partial charge in [-0.2, -0.15) is 0 Å². The van der Waals surface area contributed by atoms with Crippen molar-refractivity contribution in [3.8, 4) is 0 Å². The van der Waals surface area contributed by atoms with Crippen LogP contribution in [0.1, 0.15) is 33.6 Å². The first-order chi connectivity index (χ1) is 7.83. The number of likely N-dealkylation sites (tertiary alicyclic amines) is 1. The number of rotatable bonds is 2. The largest absolute Gasteiger partial charge is 0.444 e.